The van der Waals surface area contributed by atoms with Gasteiger partial charge in [0.1, 0.15) is 0 Å². The van der Waals surface area contributed by atoms with Crippen molar-refractivity contribution in [3.05, 3.63) is 35.7 Å². The Morgan fingerprint density at radius 1 is 1.26 bits per heavy atom. The van der Waals surface area contributed by atoms with Gasteiger partial charge in [-0.05, 0) is 30.5 Å². The maximum absolute atomic E-state index is 5.35. The van der Waals surface area contributed by atoms with Gasteiger partial charge in [0.05, 0.1) is 6.61 Å². The van der Waals surface area contributed by atoms with Crippen molar-refractivity contribution in [1.29, 1.82) is 0 Å². The van der Waals surface area contributed by atoms with E-state index in [1.165, 1.54) is 5.56 Å². The zero-order chi connectivity index (χ0) is 13.1. The Morgan fingerprint density at radius 3 is 2.79 bits per heavy atom. The number of benzene rings is 1. The van der Waals surface area contributed by atoms with Crippen LogP contribution in [-0.2, 0) is 11.2 Å². The Bertz CT molecular complexity index is 527. The van der Waals surface area contributed by atoms with Crippen LogP contribution in [0.1, 0.15) is 37.1 Å². The van der Waals surface area contributed by atoms with E-state index in [1.807, 2.05) is 12.1 Å². The van der Waals surface area contributed by atoms with Crippen LogP contribution in [0.25, 0.3) is 11.5 Å². The molecule has 19 heavy (non-hydrogen) atoms. The Hall–Kier alpha value is -1.68. The van der Waals surface area contributed by atoms with Crippen LogP contribution in [0.5, 0.6) is 0 Å². The number of rotatable bonds is 4. The fourth-order valence-electron chi connectivity index (χ4n) is 2.36. The summed E-state index contributed by atoms with van der Waals surface area (Å²) < 4.78 is 10.7. The molecule has 0 bridgehead atoms. The van der Waals surface area contributed by atoms with Gasteiger partial charge in [-0.25, -0.2) is 0 Å². The van der Waals surface area contributed by atoms with Gasteiger partial charge in [-0.1, -0.05) is 30.6 Å². The van der Waals surface area contributed by atoms with Gasteiger partial charge in [0, 0.05) is 18.1 Å². The predicted molar refractivity (Wildman–Crippen MR) is 71.9 cm³/mol. The highest BCUT2D eigenvalue weighted by Crippen LogP contribution is 2.25. The van der Waals surface area contributed by atoms with Crippen LogP contribution in [0.4, 0.5) is 0 Å². The Labute approximate surface area is 112 Å². The van der Waals surface area contributed by atoms with Gasteiger partial charge in [0.25, 0.3) is 5.89 Å². The molecular weight excluding hydrogens is 240 g/mol. The SMILES string of the molecule is CCCc1ccc(-c2nc([C@H]3CCOC3)no2)cc1. The molecule has 100 valence electrons. The number of nitrogens with zero attached hydrogens (tertiary/aromatic N) is 2. The lowest BCUT2D eigenvalue weighted by molar-refractivity contribution is 0.192. The molecule has 1 aromatic carbocycles. The second kappa shape index (κ2) is 5.53. The highest BCUT2D eigenvalue weighted by atomic mass is 16.5. The Kier molecular flexibility index (Phi) is 3.60. The number of aryl methyl sites for hydroxylation is 1. The first-order chi connectivity index (χ1) is 9.36. The highest BCUT2D eigenvalue weighted by Gasteiger charge is 2.23. The number of aromatic nitrogens is 2. The normalized spacial score (nSPS) is 18.9. The molecule has 1 aliphatic rings. The first-order valence-electron chi connectivity index (χ1n) is 6.87. The third-order valence-corrected chi connectivity index (χ3v) is 3.48. The maximum Gasteiger partial charge on any atom is 0.257 e. The van der Waals surface area contributed by atoms with Gasteiger partial charge in [-0.15, -0.1) is 0 Å². The molecule has 1 aliphatic heterocycles. The Morgan fingerprint density at radius 2 is 2.11 bits per heavy atom. The van der Waals surface area contributed by atoms with Crippen molar-refractivity contribution in [3.8, 4) is 11.5 Å². The molecule has 2 heterocycles. The summed E-state index contributed by atoms with van der Waals surface area (Å²) in [7, 11) is 0. The lowest BCUT2D eigenvalue weighted by Gasteiger charge is -1.99. The molecule has 3 rings (SSSR count). The quantitative estimate of drug-likeness (QED) is 0.845. The van der Waals surface area contributed by atoms with E-state index in [0.29, 0.717) is 12.5 Å². The van der Waals surface area contributed by atoms with Gasteiger partial charge < -0.3 is 9.26 Å². The van der Waals surface area contributed by atoms with E-state index in [1.54, 1.807) is 0 Å². The lowest BCUT2D eigenvalue weighted by atomic mass is 10.1. The maximum atomic E-state index is 5.35. The fourth-order valence-corrected chi connectivity index (χ4v) is 2.36. The molecule has 0 radical (unpaired) electrons. The molecular formula is C15H18N2O2. The minimum Gasteiger partial charge on any atom is -0.381 e. The predicted octanol–water partition coefficient (Wildman–Crippen LogP) is 3.19. The number of hydrogen-bond donors (Lipinski definition) is 0. The summed E-state index contributed by atoms with van der Waals surface area (Å²) in [5, 5.41) is 4.07. The van der Waals surface area contributed by atoms with Gasteiger partial charge in [0.15, 0.2) is 5.82 Å². The van der Waals surface area contributed by atoms with Gasteiger partial charge in [-0.2, -0.15) is 4.98 Å². The van der Waals surface area contributed by atoms with Crippen molar-refractivity contribution in [2.75, 3.05) is 13.2 Å². The largest absolute Gasteiger partial charge is 0.381 e. The van der Waals surface area contributed by atoms with Crippen molar-refractivity contribution < 1.29 is 9.26 Å². The number of hydrogen-bond acceptors (Lipinski definition) is 4. The third kappa shape index (κ3) is 2.68. The van der Waals surface area contributed by atoms with Crippen molar-refractivity contribution in [2.24, 2.45) is 0 Å². The van der Waals surface area contributed by atoms with Crippen LogP contribution < -0.4 is 0 Å². The van der Waals surface area contributed by atoms with Crippen molar-refractivity contribution in [1.82, 2.24) is 10.1 Å². The molecule has 0 spiro atoms. The molecule has 0 N–H and O–H groups in total. The van der Waals surface area contributed by atoms with Crippen LogP contribution in [0, 0.1) is 0 Å². The van der Waals surface area contributed by atoms with Crippen molar-refractivity contribution in [3.63, 3.8) is 0 Å². The van der Waals surface area contributed by atoms with Gasteiger partial charge in [0.2, 0.25) is 0 Å². The molecule has 1 fully saturated rings. The summed E-state index contributed by atoms with van der Waals surface area (Å²) in [4.78, 5) is 4.48. The van der Waals surface area contributed by atoms with Crippen LogP contribution in [-0.4, -0.2) is 23.4 Å². The minimum atomic E-state index is 0.289. The average Bonchev–Trinajstić information content (AvgIpc) is 3.11. The summed E-state index contributed by atoms with van der Waals surface area (Å²) in [6, 6.07) is 8.35. The summed E-state index contributed by atoms with van der Waals surface area (Å²) in [6.45, 7) is 3.68. The fraction of sp³-hybridized carbons (Fsp3) is 0.467. The number of ether oxygens (including phenoxy) is 1. The second-order valence-corrected chi connectivity index (χ2v) is 4.97. The van der Waals surface area contributed by atoms with Crippen LogP contribution in [0.3, 0.4) is 0 Å². The van der Waals surface area contributed by atoms with Crippen LogP contribution in [0.15, 0.2) is 28.8 Å². The average molecular weight is 258 g/mol. The first kappa shape index (κ1) is 12.4. The van der Waals surface area contributed by atoms with Crippen LogP contribution in [0.2, 0.25) is 0 Å². The molecule has 0 unspecified atom stereocenters. The van der Waals surface area contributed by atoms with E-state index in [4.69, 9.17) is 9.26 Å². The van der Waals surface area contributed by atoms with Gasteiger partial charge in [-0.3, -0.25) is 0 Å². The Balaban J connectivity index is 1.77. The summed E-state index contributed by atoms with van der Waals surface area (Å²) in [5.41, 5.74) is 2.33. The van der Waals surface area contributed by atoms with E-state index >= 15 is 0 Å². The first-order valence-corrected chi connectivity index (χ1v) is 6.87. The summed E-state index contributed by atoms with van der Waals surface area (Å²) in [6.07, 6.45) is 3.24. The van der Waals surface area contributed by atoms with E-state index in [0.717, 1.165) is 37.3 Å². The smallest absolute Gasteiger partial charge is 0.257 e. The monoisotopic (exact) mass is 258 g/mol. The van der Waals surface area contributed by atoms with E-state index < -0.39 is 0 Å². The highest BCUT2D eigenvalue weighted by molar-refractivity contribution is 5.53. The van der Waals surface area contributed by atoms with E-state index in [9.17, 15) is 0 Å². The van der Waals surface area contributed by atoms with E-state index in [2.05, 4.69) is 29.2 Å². The van der Waals surface area contributed by atoms with Crippen LogP contribution >= 0.6 is 0 Å². The molecule has 1 atom stereocenters. The van der Waals surface area contributed by atoms with E-state index in [-0.39, 0.29) is 5.92 Å². The zero-order valence-electron chi connectivity index (χ0n) is 11.1. The van der Waals surface area contributed by atoms with Crippen molar-refractivity contribution in [2.45, 2.75) is 32.1 Å². The molecule has 2 aromatic rings. The summed E-state index contributed by atoms with van der Waals surface area (Å²) in [5.74, 6) is 1.66. The molecule has 1 aromatic heterocycles. The second-order valence-electron chi connectivity index (χ2n) is 4.97. The molecule has 1 saturated heterocycles. The molecule has 0 amide bonds. The minimum absolute atomic E-state index is 0.289. The van der Waals surface area contributed by atoms with Gasteiger partial charge >= 0.3 is 0 Å². The molecule has 0 aliphatic carbocycles. The third-order valence-electron chi connectivity index (χ3n) is 3.48. The lowest BCUT2D eigenvalue weighted by Crippen LogP contribution is -1.99. The molecule has 4 heteroatoms. The van der Waals surface area contributed by atoms with Crippen molar-refractivity contribution >= 4 is 0 Å². The summed E-state index contributed by atoms with van der Waals surface area (Å²) >= 11 is 0. The topological polar surface area (TPSA) is 48.2 Å². The standard InChI is InChI=1S/C15H18N2O2/c1-2-3-11-4-6-12(7-5-11)15-16-14(17-19-15)13-8-9-18-10-13/h4-7,13H,2-3,8-10H2,1H3/t13-/m0/s1. The molecule has 0 saturated carbocycles. The zero-order valence-corrected chi connectivity index (χ0v) is 11.1. The molecule has 4 nitrogen and oxygen atoms in total.